The van der Waals surface area contributed by atoms with Crippen LogP contribution in [0.5, 0.6) is 0 Å². The van der Waals surface area contributed by atoms with Crippen molar-refractivity contribution in [2.24, 2.45) is 5.73 Å². The average molecular weight is 550 g/mol. The fourth-order valence-corrected chi connectivity index (χ4v) is 6.11. The van der Waals surface area contributed by atoms with Crippen molar-refractivity contribution in [3.63, 3.8) is 0 Å². The number of carbonyl (C=O) groups excluding carboxylic acids is 2. The molecular weight excluding hydrogens is 522 g/mol. The number of rotatable bonds is 6. The summed E-state index contributed by atoms with van der Waals surface area (Å²) < 4.78 is 25.2. The normalized spacial score (nSPS) is 14.4. The van der Waals surface area contributed by atoms with Crippen molar-refractivity contribution in [3.05, 3.63) is 75.4 Å². The molecule has 2 aromatic heterocycles. The van der Waals surface area contributed by atoms with Gasteiger partial charge in [0.2, 0.25) is 10.0 Å². The summed E-state index contributed by atoms with van der Waals surface area (Å²) in [4.78, 5) is 32.6. The zero-order chi connectivity index (χ0) is 27.2. The van der Waals surface area contributed by atoms with E-state index in [1.165, 1.54) is 21.9 Å². The number of fused-ring (bicyclic) bond motifs is 1. The number of nitrogens with zero attached hydrogens (tertiary/aromatic N) is 2. The van der Waals surface area contributed by atoms with Crippen LogP contribution in [0.2, 0.25) is 0 Å². The summed E-state index contributed by atoms with van der Waals surface area (Å²) in [6, 6.07) is 11.2. The maximum absolute atomic E-state index is 12.8. The number of sulfonamides is 1. The molecule has 38 heavy (non-hydrogen) atoms. The van der Waals surface area contributed by atoms with Gasteiger partial charge < -0.3 is 16.0 Å². The Labute approximate surface area is 224 Å². The standard InChI is InChI=1S/C27H27N5O4S2/c1-15-18(5-4-6-22(15)31-27(34)24-14-37-16(2)29-24)19-7-8-20(26(28)33)25-21(19)13-23(30-25)17-9-11-32(12-10-17)38(3,35)36/h4-9,13-14,30H,10-12H2,1-3H3,(H2,28,33)(H,31,34). The molecule has 0 radical (unpaired) electrons. The average Bonchev–Trinajstić information content (AvgIpc) is 3.51. The molecule has 0 atom stereocenters. The van der Waals surface area contributed by atoms with Crippen LogP contribution in [0, 0.1) is 13.8 Å². The third-order valence-corrected chi connectivity index (χ3v) is 8.81. The lowest BCUT2D eigenvalue weighted by molar-refractivity contribution is 0.0998. The second-order valence-electron chi connectivity index (χ2n) is 9.28. The van der Waals surface area contributed by atoms with Crippen LogP contribution in [0.1, 0.15) is 43.5 Å². The van der Waals surface area contributed by atoms with Gasteiger partial charge in [-0.25, -0.2) is 13.4 Å². The molecule has 0 saturated carbocycles. The smallest absolute Gasteiger partial charge is 0.275 e. The first kappa shape index (κ1) is 25.8. The molecule has 5 rings (SSSR count). The number of carbonyl (C=O) groups is 2. The van der Waals surface area contributed by atoms with Crippen molar-refractivity contribution in [1.82, 2.24) is 14.3 Å². The first-order valence-electron chi connectivity index (χ1n) is 12.0. The molecule has 2 aromatic carbocycles. The van der Waals surface area contributed by atoms with E-state index in [1.807, 2.05) is 50.3 Å². The van der Waals surface area contributed by atoms with E-state index in [0.717, 1.165) is 38.4 Å². The Kier molecular flexibility index (Phi) is 6.68. The van der Waals surface area contributed by atoms with E-state index in [2.05, 4.69) is 15.3 Å². The number of benzene rings is 2. The number of primary amides is 1. The Hall–Kier alpha value is -3.80. The number of anilines is 1. The number of nitrogens with two attached hydrogens (primary N) is 1. The lowest BCUT2D eigenvalue weighted by atomic mass is 9.94. The van der Waals surface area contributed by atoms with Crippen molar-refractivity contribution in [1.29, 1.82) is 0 Å². The van der Waals surface area contributed by atoms with Crippen LogP contribution < -0.4 is 11.1 Å². The van der Waals surface area contributed by atoms with Crippen LogP contribution >= 0.6 is 11.3 Å². The molecule has 2 amide bonds. The summed E-state index contributed by atoms with van der Waals surface area (Å²) in [5.74, 6) is -0.827. The van der Waals surface area contributed by atoms with Crippen LogP contribution in [0.4, 0.5) is 5.69 Å². The molecule has 3 heterocycles. The molecule has 0 aliphatic carbocycles. The number of thiazole rings is 1. The van der Waals surface area contributed by atoms with Crippen molar-refractivity contribution in [2.75, 3.05) is 24.7 Å². The van der Waals surface area contributed by atoms with Crippen LogP contribution in [0.15, 0.2) is 47.9 Å². The molecule has 1 aliphatic heterocycles. The number of nitrogens with one attached hydrogen (secondary N) is 2. The fraction of sp³-hybridized carbons (Fsp3) is 0.222. The summed E-state index contributed by atoms with van der Waals surface area (Å²) in [7, 11) is -3.27. The quantitative estimate of drug-likeness (QED) is 0.329. The highest BCUT2D eigenvalue weighted by molar-refractivity contribution is 7.88. The minimum atomic E-state index is -3.27. The first-order chi connectivity index (χ1) is 18.0. The molecule has 4 N–H and O–H groups in total. The molecule has 11 heteroatoms. The summed E-state index contributed by atoms with van der Waals surface area (Å²) in [5, 5.41) is 6.32. The van der Waals surface area contributed by atoms with Gasteiger partial charge in [-0.05, 0) is 60.7 Å². The molecule has 0 bridgehead atoms. The first-order valence-corrected chi connectivity index (χ1v) is 14.7. The SMILES string of the molecule is Cc1nc(C(=O)Nc2cccc(-c3ccc(C(N)=O)c4[nH]c(C5=CCN(S(C)(=O)=O)CC5)cc34)c2C)cs1. The summed E-state index contributed by atoms with van der Waals surface area (Å²) in [6.07, 6.45) is 3.63. The molecule has 9 nitrogen and oxygen atoms in total. The Morgan fingerprint density at radius 1 is 1.16 bits per heavy atom. The Balaban J connectivity index is 1.56. The number of hydrogen-bond acceptors (Lipinski definition) is 6. The van der Waals surface area contributed by atoms with Crippen LogP contribution in [0.3, 0.4) is 0 Å². The van der Waals surface area contributed by atoms with Gasteiger partial charge in [-0.2, -0.15) is 4.31 Å². The van der Waals surface area contributed by atoms with Crippen molar-refractivity contribution in [2.45, 2.75) is 20.3 Å². The highest BCUT2D eigenvalue weighted by Gasteiger charge is 2.23. The van der Waals surface area contributed by atoms with E-state index in [1.54, 1.807) is 11.4 Å². The predicted molar refractivity (Wildman–Crippen MR) is 151 cm³/mol. The van der Waals surface area contributed by atoms with Crippen molar-refractivity contribution >= 4 is 55.3 Å². The second kappa shape index (κ2) is 9.82. The van der Waals surface area contributed by atoms with Gasteiger partial charge in [0.25, 0.3) is 11.8 Å². The molecule has 0 saturated heterocycles. The summed E-state index contributed by atoms with van der Waals surface area (Å²) in [6.45, 7) is 4.46. The van der Waals surface area contributed by atoms with Gasteiger partial charge in [0, 0.05) is 35.2 Å². The fourth-order valence-electron chi connectivity index (χ4n) is 4.75. The third-order valence-electron chi connectivity index (χ3n) is 6.77. The Bertz CT molecular complexity index is 1730. The van der Waals surface area contributed by atoms with Gasteiger partial charge in [-0.1, -0.05) is 24.3 Å². The van der Waals surface area contributed by atoms with Gasteiger partial charge >= 0.3 is 0 Å². The highest BCUT2D eigenvalue weighted by Crippen LogP contribution is 2.37. The van der Waals surface area contributed by atoms with Gasteiger partial charge in [0.1, 0.15) is 5.69 Å². The largest absolute Gasteiger partial charge is 0.366 e. The second-order valence-corrected chi connectivity index (χ2v) is 12.3. The molecule has 0 fully saturated rings. The monoisotopic (exact) mass is 549 g/mol. The van der Waals surface area contributed by atoms with E-state index in [4.69, 9.17) is 5.73 Å². The van der Waals surface area contributed by atoms with Gasteiger partial charge in [-0.15, -0.1) is 11.3 Å². The maximum Gasteiger partial charge on any atom is 0.275 e. The number of H-pyrrole nitrogens is 1. The van der Waals surface area contributed by atoms with E-state index in [0.29, 0.717) is 42.0 Å². The highest BCUT2D eigenvalue weighted by atomic mass is 32.2. The number of aromatic amines is 1. The lowest BCUT2D eigenvalue weighted by Crippen LogP contribution is -2.33. The molecule has 0 spiro atoms. The number of amides is 2. The molecule has 1 aliphatic rings. The van der Waals surface area contributed by atoms with Gasteiger partial charge in [0.05, 0.1) is 22.3 Å². The Morgan fingerprint density at radius 2 is 1.95 bits per heavy atom. The molecule has 196 valence electrons. The van der Waals surface area contributed by atoms with Crippen LogP contribution in [0.25, 0.3) is 27.6 Å². The van der Waals surface area contributed by atoms with Crippen molar-refractivity contribution < 1.29 is 18.0 Å². The van der Waals surface area contributed by atoms with E-state index >= 15 is 0 Å². The van der Waals surface area contributed by atoms with Crippen LogP contribution in [-0.4, -0.2) is 53.9 Å². The van der Waals surface area contributed by atoms with Gasteiger partial charge in [-0.3, -0.25) is 9.59 Å². The Morgan fingerprint density at radius 3 is 2.58 bits per heavy atom. The summed E-state index contributed by atoms with van der Waals surface area (Å²) in [5.41, 5.74) is 12.1. The van der Waals surface area contributed by atoms with E-state index in [-0.39, 0.29) is 5.91 Å². The molecule has 4 aromatic rings. The molecule has 0 unspecified atom stereocenters. The molecular formula is C27H27N5O4S2. The van der Waals surface area contributed by atoms with E-state index < -0.39 is 15.9 Å². The summed E-state index contributed by atoms with van der Waals surface area (Å²) >= 11 is 1.42. The zero-order valence-electron chi connectivity index (χ0n) is 21.2. The van der Waals surface area contributed by atoms with Gasteiger partial charge in [0.15, 0.2) is 0 Å². The van der Waals surface area contributed by atoms with Crippen molar-refractivity contribution in [3.8, 4) is 11.1 Å². The minimum Gasteiger partial charge on any atom is -0.366 e. The number of hydrogen-bond donors (Lipinski definition) is 3. The van der Waals surface area contributed by atoms with E-state index in [9.17, 15) is 18.0 Å². The lowest BCUT2D eigenvalue weighted by Gasteiger charge is -2.23. The third kappa shape index (κ3) is 4.87. The topological polar surface area (TPSA) is 138 Å². The number of aromatic nitrogens is 2. The zero-order valence-corrected chi connectivity index (χ0v) is 22.8. The predicted octanol–water partition coefficient (Wildman–Crippen LogP) is 4.31. The number of aryl methyl sites for hydroxylation is 1. The maximum atomic E-state index is 12.8. The minimum absolute atomic E-state index is 0.278. The van der Waals surface area contributed by atoms with Crippen LogP contribution in [-0.2, 0) is 10.0 Å².